The first-order valence-electron chi connectivity index (χ1n) is 8.27. The molecule has 0 radical (unpaired) electrons. The number of aliphatic hydroxyl groups excluding tert-OH is 1. The van der Waals surface area contributed by atoms with Crippen LogP contribution in [0.15, 0.2) is 0 Å². The molecule has 1 N–H and O–H groups in total. The first-order valence-corrected chi connectivity index (χ1v) is 8.27. The van der Waals surface area contributed by atoms with Crippen LogP contribution in [-0.4, -0.2) is 11.2 Å². The quantitative estimate of drug-likeness (QED) is 0.787. The number of fused-ring (bicyclic) bond motifs is 2. The van der Waals surface area contributed by atoms with Gasteiger partial charge in [0.15, 0.2) is 0 Å². The lowest BCUT2D eigenvalue weighted by Gasteiger charge is -2.39. The van der Waals surface area contributed by atoms with Crippen molar-refractivity contribution >= 4 is 0 Å². The van der Waals surface area contributed by atoms with E-state index in [2.05, 4.69) is 13.8 Å². The molecule has 0 amide bonds. The Labute approximate surface area is 112 Å². The lowest BCUT2D eigenvalue weighted by Crippen LogP contribution is -2.32. The summed E-state index contributed by atoms with van der Waals surface area (Å²) in [7, 11) is 0. The van der Waals surface area contributed by atoms with Gasteiger partial charge in [-0.25, -0.2) is 0 Å². The Balaban J connectivity index is 1.57. The third kappa shape index (κ3) is 2.13. The predicted molar refractivity (Wildman–Crippen MR) is 75.3 cm³/mol. The molecule has 3 aliphatic carbocycles. The molecule has 5 atom stereocenters. The molecule has 0 aliphatic heterocycles. The van der Waals surface area contributed by atoms with Gasteiger partial charge in [-0.1, -0.05) is 26.7 Å². The monoisotopic (exact) mass is 250 g/mol. The number of aliphatic hydroxyl groups is 1. The Bertz CT molecular complexity index is 296. The van der Waals surface area contributed by atoms with E-state index in [1.807, 2.05) is 0 Å². The molecular weight excluding hydrogens is 220 g/mol. The Morgan fingerprint density at radius 1 is 1.00 bits per heavy atom. The molecule has 0 saturated heterocycles. The lowest BCUT2D eigenvalue weighted by molar-refractivity contribution is 0.0477. The normalized spacial score (nSPS) is 46.5. The van der Waals surface area contributed by atoms with Crippen LogP contribution in [0.3, 0.4) is 0 Å². The van der Waals surface area contributed by atoms with Crippen LogP contribution >= 0.6 is 0 Å². The van der Waals surface area contributed by atoms with Gasteiger partial charge in [0.05, 0.1) is 6.10 Å². The maximum atomic E-state index is 10.1. The van der Waals surface area contributed by atoms with Crippen molar-refractivity contribution in [2.24, 2.45) is 29.1 Å². The molecule has 3 aliphatic rings. The summed E-state index contributed by atoms with van der Waals surface area (Å²) in [5.41, 5.74) is 0.586. The second-order valence-corrected chi connectivity index (χ2v) is 7.89. The highest BCUT2D eigenvalue weighted by Gasteiger charge is 2.52. The minimum atomic E-state index is 0.0143. The molecule has 2 bridgehead atoms. The predicted octanol–water partition coefficient (Wildman–Crippen LogP) is 4.39. The van der Waals surface area contributed by atoms with Crippen molar-refractivity contribution in [3.63, 3.8) is 0 Å². The van der Waals surface area contributed by atoms with E-state index in [4.69, 9.17) is 0 Å². The van der Waals surface area contributed by atoms with Crippen LogP contribution in [0.4, 0.5) is 0 Å². The Morgan fingerprint density at radius 3 is 2.44 bits per heavy atom. The summed E-state index contributed by atoms with van der Waals surface area (Å²) in [5, 5.41) is 10.1. The fraction of sp³-hybridized carbons (Fsp3) is 1.00. The summed E-state index contributed by atoms with van der Waals surface area (Å²) < 4.78 is 0. The van der Waals surface area contributed by atoms with Gasteiger partial charge in [0.25, 0.3) is 0 Å². The zero-order chi connectivity index (χ0) is 12.8. The van der Waals surface area contributed by atoms with Crippen molar-refractivity contribution in [3.05, 3.63) is 0 Å². The van der Waals surface area contributed by atoms with Gasteiger partial charge in [-0.15, -0.1) is 0 Å². The molecule has 104 valence electrons. The number of hydrogen-bond acceptors (Lipinski definition) is 1. The van der Waals surface area contributed by atoms with Crippen molar-refractivity contribution in [1.82, 2.24) is 0 Å². The Morgan fingerprint density at radius 2 is 1.78 bits per heavy atom. The van der Waals surface area contributed by atoms with Crippen molar-refractivity contribution in [1.29, 1.82) is 0 Å². The fourth-order valence-corrected chi connectivity index (χ4v) is 5.49. The third-order valence-corrected chi connectivity index (χ3v) is 6.77. The fourth-order valence-electron chi connectivity index (χ4n) is 5.49. The average molecular weight is 250 g/mol. The first kappa shape index (κ1) is 13.0. The summed E-state index contributed by atoms with van der Waals surface area (Å²) in [6, 6.07) is 0. The summed E-state index contributed by atoms with van der Waals surface area (Å²) in [6.45, 7) is 5.03. The first-order chi connectivity index (χ1) is 8.59. The topological polar surface area (TPSA) is 20.2 Å². The van der Waals surface area contributed by atoms with Gasteiger partial charge in [-0.2, -0.15) is 0 Å². The number of rotatable bonds is 3. The Hall–Kier alpha value is -0.0400. The zero-order valence-corrected chi connectivity index (χ0v) is 12.2. The van der Waals surface area contributed by atoms with Gasteiger partial charge < -0.3 is 5.11 Å². The van der Waals surface area contributed by atoms with Crippen LogP contribution in [0.25, 0.3) is 0 Å². The maximum absolute atomic E-state index is 10.1. The molecule has 3 saturated carbocycles. The molecule has 0 spiro atoms. The van der Waals surface area contributed by atoms with Crippen molar-refractivity contribution in [2.75, 3.05) is 0 Å². The Kier molecular flexibility index (Phi) is 3.47. The van der Waals surface area contributed by atoms with E-state index >= 15 is 0 Å². The highest BCUT2D eigenvalue weighted by atomic mass is 16.3. The molecule has 0 aromatic rings. The van der Waals surface area contributed by atoms with E-state index in [-0.39, 0.29) is 6.10 Å². The second kappa shape index (κ2) is 4.81. The molecule has 3 fully saturated rings. The van der Waals surface area contributed by atoms with E-state index in [1.165, 1.54) is 51.4 Å². The average Bonchev–Trinajstić information content (AvgIpc) is 2.88. The van der Waals surface area contributed by atoms with Gasteiger partial charge in [-0.05, 0) is 74.0 Å². The van der Waals surface area contributed by atoms with Crippen LogP contribution in [0.2, 0.25) is 0 Å². The molecule has 3 rings (SSSR count). The van der Waals surface area contributed by atoms with Crippen molar-refractivity contribution in [3.8, 4) is 0 Å². The van der Waals surface area contributed by atoms with Crippen LogP contribution in [0, 0.1) is 29.1 Å². The van der Waals surface area contributed by atoms with Crippen LogP contribution in [0.5, 0.6) is 0 Å². The third-order valence-electron chi connectivity index (χ3n) is 6.77. The molecule has 1 nitrogen and oxygen atoms in total. The zero-order valence-electron chi connectivity index (χ0n) is 12.2. The molecule has 18 heavy (non-hydrogen) atoms. The maximum Gasteiger partial charge on any atom is 0.0568 e. The van der Waals surface area contributed by atoms with Gasteiger partial charge in [0, 0.05) is 0 Å². The van der Waals surface area contributed by atoms with E-state index in [1.54, 1.807) is 0 Å². The molecular formula is C17H30O. The van der Waals surface area contributed by atoms with Gasteiger partial charge in [0.2, 0.25) is 0 Å². The largest absolute Gasteiger partial charge is 0.393 e. The summed E-state index contributed by atoms with van der Waals surface area (Å²) in [6.07, 6.45) is 12.1. The number of hydrogen-bond donors (Lipinski definition) is 1. The molecule has 5 unspecified atom stereocenters. The van der Waals surface area contributed by atoms with Crippen LogP contribution in [0.1, 0.15) is 71.6 Å². The van der Waals surface area contributed by atoms with Gasteiger partial charge in [-0.3, -0.25) is 0 Å². The molecule has 0 heterocycles. The van der Waals surface area contributed by atoms with E-state index in [0.717, 1.165) is 24.2 Å². The van der Waals surface area contributed by atoms with Crippen LogP contribution < -0.4 is 0 Å². The van der Waals surface area contributed by atoms with E-state index in [9.17, 15) is 5.11 Å². The van der Waals surface area contributed by atoms with Gasteiger partial charge >= 0.3 is 0 Å². The minimum absolute atomic E-state index is 0.0143. The smallest absolute Gasteiger partial charge is 0.0568 e. The van der Waals surface area contributed by atoms with Crippen molar-refractivity contribution in [2.45, 2.75) is 77.7 Å². The summed E-state index contributed by atoms with van der Waals surface area (Å²) in [4.78, 5) is 0. The highest BCUT2D eigenvalue weighted by molar-refractivity contribution is 5.01. The molecule has 0 aromatic carbocycles. The van der Waals surface area contributed by atoms with E-state index < -0.39 is 0 Å². The standard InChI is InChI=1S/C17H30O/c1-17(2)14-9-7-13(11-14)15(17)10-8-12-5-3-4-6-16(12)18/h12-16,18H,3-11H2,1-2H3. The molecule has 1 heteroatoms. The molecule has 0 aromatic heterocycles. The summed E-state index contributed by atoms with van der Waals surface area (Å²) >= 11 is 0. The van der Waals surface area contributed by atoms with Crippen molar-refractivity contribution < 1.29 is 5.11 Å². The second-order valence-electron chi connectivity index (χ2n) is 7.89. The van der Waals surface area contributed by atoms with Crippen LogP contribution in [-0.2, 0) is 0 Å². The summed E-state index contributed by atoms with van der Waals surface area (Å²) in [5.74, 6) is 3.59. The lowest BCUT2D eigenvalue weighted by atomic mass is 9.66. The van der Waals surface area contributed by atoms with Gasteiger partial charge in [0.1, 0.15) is 0 Å². The van der Waals surface area contributed by atoms with E-state index in [0.29, 0.717) is 11.3 Å². The minimum Gasteiger partial charge on any atom is -0.393 e. The SMILES string of the molecule is CC1(C)C2CCC(C2)C1CCC1CCCCC1O. The highest BCUT2D eigenvalue weighted by Crippen LogP contribution is 2.60.